The first-order chi connectivity index (χ1) is 58.1. The van der Waals surface area contributed by atoms with Crippen LogP contribution >= 0.6 is 35.3 Å². The van der Waals surface area contributed by atoms with Crippen LogP contribution in [0, 0.1) is 5.41 Å². The van der Waals surface area contributed by atoms with E-state index < -0.39 is 229 Å². The molecule has 4 aliphatic rings. The number of primary amides is 1. The molecule has 2 bridgehead atoms. The van der Waals surface area contributed by atoms with E-state index in [0.29, 0.717) is 46.4 Å². The maximum atomic E-state index is 15.3. The highest BCUT2D eigenvalue weighted by atomic mass is 32.2. The zero-order chi connectivity index (χ0) is 88.9. The van der Waals surface area contributed by atoms with Crippen molar-refractivity contribution in [2.45, 2.75) is 206 Å². The Morgan fingerprint density at radius 2 is 1.25 bits per heavy atom. The van der Waals surface area contributed by atoms with Gasteiger partial charge in [-0.25, -0.2) is 4.98 Å². The number of fused-ring (bicyclic) bond motifs is 5. The number of carbonyl (C=O) groups excluding carboxylic acids is 14. The number of carboxylic acids is 3. The number of amides is 14. The van der Waals surface area contributed by atoms with E-state index in [4.69, 9.17) is 16.9 Å². The molecule has 660 valence electrons. The largest absolute Gasteiger partial charge is 0.481 e. The van der Waals surface area contributed by atoms with E-state index in [9.17, 15) is 73.2 Å². The molecule has 1 aromatic heterocycles. The van der Waals surface area contributed by atoms with Crippen LogP contribution in [0.1, 0.15) is 118 Å². The Balaban J connectivity index is 1.14. The van der Waals surface area contributed by atoms with Crippen molar-refractivity contribution >= 4 is 142 Å². The van der Waals surface area contributed by atoms with Crippen molar-refractivity contribution in [3.63, 3.8) is 0 Å². The van der Waals surface area contributed by atoms with Crippen LogP contribution in [0.3, 0.4) is 0 Å². The molecule has 22 N–H and O–H groups in total. The molecular weight excluding hydrogens is 1650 g/mol. The minimum atomic E-state index is -2.11. The third-order valence-corrected chi connectivity index (χ3v) is 23.6. The minimum Gasteiger partial charge on any atom is -0.481 e. The fourth-order valence-electron chi connectivity index (χ4n) is 14.6. The zero-order valence-electron chi connectivity index (χ0n) is 67.4. The van der Waals surface area contributed by atoms with Gasteiger partial charge in [-0.05, 0) is 98.1 Å². The number of hydrogen-bond donors (Lipinski definition) is 20. The number of carboxylic acid groups (broad SMARTS) is 3. The van der Waals surface area contributed by atoms with E-state index in [1.807, 2.05) is 12.3 Å². The molecule has 2 saturated heterocycles. The third kappa shape index (κ3) is 28.4. The number of aliphatic carboxylic acids is 3. The van der Waals surface area contributed by atoms with E-state index in [0.717, 1.165) is 18.7 Å². The fraction of sp³-hybridized carbons (Fsp3) is 0.506. The Hall–Kier alpha value is -11.9. The summed E-state index contributed by atoms with van der Waals surface area (Å²) in [7, 11) is 0. The van der Waals surface area contributed by atoms with Crippen LogP contribution in [0.5, 0.6) is 0 Å². The van der Waals surface area contributed by atoms with Gasteiger partial charge in [0.25, 0.3) is 0 Å². The first-order valence-electron chi connectivity index (χ1n) is 39.6. The monoisotopic (exact) mass is 1750 g/mol. The molecule has 13 atom stereocenters. The number of benzene rings is 3. The van der Waals surface area contributed by atoms with Gasteiger partial charge in [0.05, 0.1) is 31.0 Å². The van der Waals surface area contributed by atoms with Gasteiger partial charge in [0.1, 0.15) is 78.0 Å². The maximum Gasteiger partial charge on any atom is 0.305 e. The lowest BCUT2D eigenvalue weighted by molar-refractivity contribution is -0.148. The number of nitrogens with zero attached hydrogens (tertiary/aromatic N) is 3. The topological polar surface area (TPSA) is 627 Å². The van der Waals surface area contributed by atoms with Gasteiger partial charge in [0.2, 0.25) is 82.7 Å². The number of carbonyl (C=O) groups is 17. The van der Waals surface area contributed by atoms with Crippen LogP contribution in [0.2, 0.25) is 0 Å². The first kappa shape index (κ1) is 95.6. The van der Waals surface area contributed by atoms with Crippen molar-refractivity contribution in [1.29, 1.82) is 5.41 Å². The number of imidazole rings is 1. The molecule has 14 amide bonds. The molecule has 4 heterocycles. The quantitative estimate of drug-likeness (QED) is 0.0125. The van der Waals surface area contributed by atoms with Crippen LogP contribution in [0.25, 0.3) is 0 Å². The summed E-state index contributed by atoms with van der Waals surface area (Å²) in [5.74, 6) is -18.4. The van der Waals surface area contributed by atoms with E-state index in [-0.39, 0.29) is 94.0 Å². The summed E-state index contributed by atoms with van der Waals surface area (Å²) in [6.45, 7) is 2.51. The highest BCUT2D eigenvalue weighted by molar-refractivity contribution is 7.99. The fourth-order valence-corrected chi connectivity index (χ4v) is 17.0. The lowest BCUT2D eigenvalue weighted by Crippen LogP contribution is -2.66. The molecular formula is C79H105N19O21S3. The highest BCUT2D eigenvalue weighted by Crippen LogP contribution is 2.32. The Bertz CT molecular complexity index is 4450. The van der Waals surface area contributed by atoms with Crippen LogP contribution in [0.15, 0.2) is 91.4 Å². The number of guanidine groups is 1. The molecule has 3 aromatic carbocycles. The van der Waals surface area contributed by atoms with Crippen LogP contribution < -0.4 is 75.3 Å². The molecule has 43 heteroatoms. The molecule has 0 spiro atoms. The smallest absolute Gasteiger partial charge is 0.305 e. The number of aliphatic hydroxyl groups excluding tert-OH is 1. The first-order valence-corrected chi connectivity index (χ1v) is 43.3. The molecule has 2 fully saturated rings. The summed E-state index contributed by atoms with van der Waals surface area (Å²) >= 11 is 3.73. The molecule has 0 unspecified atom stereocenters. The van der Waals surface area contributed by atoms with Crippen molar-refractivity contribution in [3.05, 3.63) is 125 Å². The molecule has 0 radical (unpaired) electrons. The average molecular weight is 1750 g/mol. The summed E-state index contributed by atoms with van der Waals surface area (Å²) in [5, 5.41) is 79.6. The average Bonchev–Trinajstić information content (AvgIpc) is 1.62. The van der Waals surface area contributed by atoms with Crippen molar-refractivity contribution in [1.82, 2.24) is 83.6 Å². The lowest BCUT2D eigenvalue weighted by atomic mass is 9.92. The van der Waals surface area contributed by atoms with Gasteiger partial charge in [0.15, 0.2) is 5.96 Å². The molecule has 0 saturated carbocycles. The number of aliphatic hydroxyl groups is 1. The standard InChI is InChI=1S/C79H105N19O21S3/c1-42(99)64-74(116)87-51(22-23-61(101)102)67(109)89-54(30-44-13-5-4-6-14-44)69(111)92-57(39-121-37-45-15-9-16-46(29-45)38-122-40-58(93-68(110)52(24-28-120-3)86-43(2)100)75(117)98-27-12-21-60(98)76(118)97-26-11-20-59(97)73(115)95-64)71(113)91-56(33-63(105)106)70(112)90-55(31-49-36-83-41-85-49)72(114)96-79(34-47-17-7-8-18-48(47)35-79)77(119)94-50(19-10-25-84-78(81)82)66(108)88-53(65(80)107)32-62(103)104/h4-9,13-18,29,36,41-42,50-60,64,99H,10-12,19-28,30-35,37-40H2,1-3H3,(H2,80,107)(H,83,85)(H,86,100)(H,87,116)(H,88,108)(H,89,109)(H,90,112)(H,91,113)(H,92,111)(H,93,110)(H,94,119)(H,95,115)(H,96,114)(H,101,102)(H,103,104)(H,105,106)(H4,81,82,84)/t42-,50+,51+,52+,53+,54+,55+,56+,57+,58+,59+,60+,64+/m1/s1. The van der Waals surface area contributed by atoms with Crippen molar-refractivity contribution in [2.75, 3.05) is 43.1 Å². The number of aromatic nitrogens is 2. The Morgan fingerprint density at radius 1 is 0.648 bits per heavy atom. The van der Waals surface area contributed by atoms with Crippen LogP contribution in [-0.4, -0.2) is 274 Å². The summed E-state index contributed by atoms with van der Waals surface area (Å²) in [4.78, 5) is 249. The minimum absolute atomic E-state index is 0.00877. The van der Waals surface area contributed by atoms with Crippen molar-refractivity contribution < 1.29 is 102 Å². The van der Waals surface area contributed by atoms with Crippen molar-refractivity contribution in [2.24, 2.45) is 11.5 Å². The molecule has 8 rings (SSSR count). The number of nitrogens with one attached hydrogen (secondary N) is 14. The number of rotatable bonds is 33. The Kier molecular flexibility index (Phi) is 36.2. The van der Waals surface area contributed by atoms with Gasteiger partial charge in [-0.15, -0.1) is 0 Å². The van der Waals surface area contributed by atoms with Gasteiger partial charge in [-0.1, -0.05) is 78.9 Å². The zero-order valence-corrected chi connectivity index (χ0v) is 69.8. The molecule has 3 aliphatic heterocycles. The second kappa shape index (κ2) is 46.2. The molecule has 4 aromatic rings. The van der Waals surface area contributed by atoms with Crippen molar-refractivity contribution in [3.8, 4) is 0 Å². The van der Waals surface area contributed by atoms with Gasteiger partial charge in [-0.3, -0.25) is 86.9 Å². The van der Waals surface area contributed by atoms with Gasteiger partial charge >= 0.3 is 17.9 Å². The predicted molar refractivity (Wildman–Crippen MR) is 445 cm³/mol. The molecule has 122 heavy (non-hydrogen) atoms. The predicted octanol–water partition coefficient (Wildman–Crippen LogP) is -3.42. The number of nitrogens with two attached hydrogens (primary N) is 2. The summed E-state index contributed by atoms with van der Waals surface area (Å²) in [5.41, 5.74) is 11.9. The maximum absolute atomic E-state index is 15.3. The van der Waals surface area contributed by atoms with E-state index >= 15 is 28.8 Å². The summed E-state index contributed by atoms with van der Waals surface area (Å²) in [6.07, 6.45) is -1.29. The molecule has 40 nitrogen and oxygen atoms in total. The van der Waals surface area contributed by atoms with Crippen LogP contribution in [0.4, 0.5) is 0 Å². The highest BCUT2D eigenvalue weighted by Gasteiger charge is 2.49. The normalized spacial score (nSPS) is 21.2. The summed E-state index contributed by atoms with van der Waals surface area (Å²) < 4.78 is 0. The number of hydrogen-bond acceptors (Lipinski definition) is 23. The lowest BCUT2D eigenvalue weighted by Gasteiger charge is -2.34. The second-order valence-corrected chi connectivity index (χ2v) is 33.2. The third-order valence-electron chi connectivity index (χ3n) is 20.7. The van der Waals surface area contributed by atoms with Crippen LogP contribution in [-0.2, 0) is 119 Å². The SMILES string of the molecule is CSCC[C@H](NC(C)=O)C(=O)N[C@H]1CSCc2cccc(c2)CSC[C@@H](C(=O)N[C@@H](CC(=O)O)C(=O)N[C@@H](Cc2c[nH]cn2)C(=O)NC2(C(=O)N[C@@H](CCCNC(=N)N)C(=O)N[C@@H](CC(=O)O)C(N)=O)Cc3ccccc3C2)NC(=O)[C@H](Cc2ccccc2)NC(=O)[C@H](CCC(=O)O)NC(=O)[C@H]([C@@H](C)O)NC(=O)[C@@H]2CCCN2C(=O)[C@@H]2CCCN2C1=O. The Labute approximate surface area is 714 Å². The van der Waals surface area contributed by atoms with E-state index in [1.54, 1.807) is 72.8 Å². The van der Waals surface area contributed by atoms with Gasteiger partial charge in [0, 0.05) is 87.9 Å². The summed E-state index contributed by atoms with van der Waals surface area (Å²) in [6, 6.07) is 2.63. The number of aromatic amines is 1. The van der Waals surface area contributed by atoms with Gasteiger partial charge < -0.3 is 110 Å². The number of H-pyrrole nitrogens is 1. The molecule has 1 aliphatic carbocycles. The van der Waals surface area contributed by atoms with Gasteiger partial charge in [-0.2, -0.15) is 35.3 Å². The number of thioether (sulfide) groups is 3. The second-order valence-electron chi connectivity index (χ2n) is 30.1. The van der Waals surface area contributed by atoms with E-state index in [2.05, 4.69) is 73.8 Å². The Morgan fingerprint density at radius 3 is 1.85 bits per heavy atom. The van der Waals surface area contributed by atoms with E-state index in [1.165, 1.54) is 52.8 Å².